The van der Waals surface area contributed by atoms with Crippen LogP contribution in [-0.4, -0.2) is 31.2 Å². The first kappa shape index (κ1) is 13.8. The van der Waals surface area contributed by atoms with E-state index in [0.717, 1.165) is 38.7 Å². The molecule has 2 rings (SSSR count). The van der Waals surface area contributed by atoms with Crippen LogP contribution in [-0.2, 0) is 9.53 Å². The van der Waals surface area contributed by atoms with E-state index < -0.39 is 0 Å². The number of nitrogens with two attached hydrogens (primary N) is 1. The largest absolute Gasteiger partial charge is 0.376 e. The molecule has 1 saturated carbocycles. The maximum absolute atomic E-state index is 12.1. The van der Waals surface area contributed by atoms with E-state index >= 15 is 0 Å². The van der Waals surface area contributed by atoms with Crippen molar-refractivity contribution in [2.75, 3.05) is 13.2 Å². The number of hydrogen-bond donors (Lipinski definition) is 2. The Balaban J connectivity index is 1.73. The summed E-state index contributed by atoms with van der Waals surface area (Å²) in [5.74, 6) is 0.842. The summed E-state index contributed by atoms with van der Waals surface area (Å²) in [6.07, 6.45) is 6.52. The second kappa shape index (κ2) is 6.53. The number of amides is 1. The van der Waals surface area contributed by atoms with Crippen molar-refractivity contribution in [3.63, 3.8) is 0 Å². The van der Waals surface area contributed by atoms with Crippen LogP contribution in [0.1, 0.15) is 45.4 Å². The van der Waals surface area contributed by atoms with Gasteiger partial charge in [-0.15, -0.1) is 0 Å². The summed E-state index contributed by atoms with van der Waals surface area (Å²) in [7, 11) is 0. The zero-order chi connectivity index (χ0) is 13.0. The number of carbonyl (C=O) groups is 1. The van der Waals surface area contributed by atoms with Crippen molar-refractivity contribution in [3.8, 4) is 0 Å². The van der Waals surface area contributed by atoms with Gasteiger partial charge in [0.2, 0.25) is 5.91 Å². The van der Waals surface area contributed by atoms with Crippen molar-refractivity contribution < 1.29 is 9.53 Å². The smallest absolute Gasteiger partial charge is 0.223 e. The fourth-order valence-corrected chi connectivity index (χ4v) is 3.20. The van der Waals surface area contributed by atoms with E-state index in [1.807, 2.05) is 0 Å². The van der Waals surface area contributed by atoms with E-state index in [0.29, 0.717) is 12.5 Å². The predicted octanol–water partition coefficient (Wildman–Crippen LogP) is 1.44. The summed E-state index contributed by atoms with van der Waals surface area (Å²) in [5.41, 5.74) is 5.99. The maximum Gasteiger partial charge on any atom is 0.223 e. The second-order valence-electron chi connectivity index (χ2n) is 6.00. The molecule has 1 saturated heterocycles. The van der Waals surface area contributed by atoms with Crippen molar-refractivity contribution >= 4 is 5.91 Å². The Morgan fingerprint density at radius 2 is 2.17 bits per heavy atom. The van der Waals surface area contributed by atoms with Crippen LogP contribution in [0.5, 0.6) is 0 Å². The van der Waals surface area contributed by atoms with Gasteiger partial charge in [0.1, 0.15) is 0 Å². The lowest BCUT2D eigenvalue weighted by Crippen LogP contribution is -2.43. The molecule has 1 amide bonds. The van der Waals surface area contributed by atoms with Gasteiger partial charge in [0.15, 0.2) is 0 Å². The van der Waals surface area contributed by atoms with E-state index in [9.17, 15) is 4.79 Å². The van der Waals surface area contributed by atoms with Gasteiger partial charge in [-0.3, -0.25) is 4.79 Å². The van der Waals surface area contributed by atoms with Crippen molar-refractivity contribution in [1.82, 2.24) is 5.32 Å². The van der Waals surface area contributed by atoms with Gasteiger partial charge in [-0.1, -0.05) is 6.92 Å². The number of carbonyl (C=O) groups excluding carboxylic acids is 1. The molecule has 4 unspecified atom stereocenters. The molecule has 4 heteroatoms. The highest BCUT2D eigenvalue weighted by Crippen LogP contribution is 2.28. The molecule has 2 fully saturated rings. The Hall–Kier alpha value is -0.610. The fourth-order valence-electron chi connectivity index (χ4n) is 3.20. The van der Waals surface area contributed by atoms with Gasteiger partial charge in [-0.05, 0) is 44.4 Å². The van der Waals surface area contributed by atoms with Crippen molar-refractivity contribution in [2.45, 2.75) is 57.6 Å². The highest BCUT2D eigenvalue weighted by molar-refractivity contribution is 5.78. The molecule has 4 atom stereocenters. The average Bonchev–Trinajstić information content (AvgIpc) is 2.36. The topological polar surface area (TPSA) is 64.4 Å². The van der Waals surface area contributed by atoms with Crippen LogP contribution in [0.15, 0.2) is 0 Å². The first-order valence-corrected chi connectivity index (χ1v) is 7.30. The molecular formula is C14H26N2O2. The SMILES string of the molecule is CC1CC(N)CC(C(=O)NCC2CCCCO2)C1. The number of hydrogen-bond acceptors (Lipinski definition) is 3. The molecule has 3 N–H and O–H groups in total. The summed E-state index contributed by atoms with van der Waals surface area (Å²) in [6, 6.07) is 0.190. The van der Waals surface area contributed by atoms with Crippen LogP contribution in [0.25, 0.3) is 0 Å². The van der Waals surface area contributed by atoms with Crippen LogP contribution >= 0.6 is 0 Å². The highest BCUT2D eigenvalue weighted by atomic mass is 16.5. The van der Waals surface area contributed by atoms with Crippen molar-refractivity contribution in [2.24, 2.45) is 17.6 Å². The lowest BCUT2D eigenvalue weighted by Gasteiger charge is -2.31. The molecule has 1 aliphatic heterocycles. The molecule has 18 heavy (non-hydrogen) atoms. The predicted molar refractivity (Wildman–Crippen MR) is 71.1 cm³/mol. The molecule has 0 aromatic carbocycles. The van der Waals surface area contributed by atoms with Crippen molar-refractivity contribution in [3.05, 3.63) is 0 Å². The van der Waals surface area contributed by atoms with Crippen LogP contribution in [0.4, 0.5) is 0 Å². The minimum absolute atomic E-state index is 0.104. The summed E-state index contributed by atoms with van der Waals surface area (Å²) in [4.78, 5) is 12.1. The van der Waals surface area contributed by atoms with E-state index in [1.165, 1.54) is 6.42 Å². The summed E-state index contributed by atoms with van der Waals surface area (Å²) in [5, 5.41) is 3.04. The van der Waals surface area contributed by atoms with Crippen LogP contribution in [0, 0.1) is 11.8 Å². The highest BCUT2D eigenvalue weighted by Gasteiger charge is 2.29. The minimum atomic E-state index is 0.104. The zero-order valence-electron chi connectivity index (χ0n) is 11.4. The second-order valence-corrected chi connectivity index (χ2v) is 6.00. The first-order chi connectivity index (χ1) is 8.65. The van der Waals surface area contributed by atoms with Gasteiger partial charge in [-0.2, -0.15) is 0 Å². The Bertz CT molecular complexity index is 267. The zero-order valence-corrected chi connectivity index (χ0v) is 11.4. The molecule has 1 heterocycles. The van der Waals surface area contributed by atoms with E-state index in [4.69, 9.17) is 10.5 Å². The average molecular weight is 254 g/mol. The van der Waals surface area contributed by atoms with E-state index in [2.05, 4.69) is 12.2 Å². The van der Waals surface area contributed by atoms with Crippen LogP contribution in [0.3, 0.4) is 0 Å². The third-order valence-corrected chi connectivity index (χ3v) is 4.13. The standard InChI is InChI=1S/C14H26N2O2/c1-10-6-11(8-12(15)7-10)14(17)16-9-13-4-2-3-5-18-13/h10-13H,2-9,15H2,1H3,(H,16,17). The number of rotatable bonds is 3. The molecule has 0 spiro atoms. The first-order valence-electron chi connectivity index (χ1n) is 7.30. The minimum Gasteiger partial charge on any atom is -0.376 e. The Morgan fingerprint density at radius 3 is 2.83 bits per heavy atom. The molecular weight excluding hydrogens is 228 g/mol. The van der Waals surface area contributed by atoms with Gasteiger partial charge in [0, 0.05) is 25.1 Å². The van der Waals surface area contributed by atoms with Gasteiger partial charge < -0.3 is 15.8 Å². The lowest BCUT2D eigenvalue weighted by molar-refractivity contribution is -0.127. The molecule has 4 nitrogen and oxygen atoms in total. The van der Waals surface area contributed by atoms with E-state index in [-0.39, 0.29) is 24.0 Å². The third kappa shape index (κ3) is 3.95. The summed E-state index contributed by atoms with van der Waals surface area (Å²) >= 11 is 0. The Morgan fingerprint density at radius 1 is 1.33 bits per heavy atom. The normalized spacial score (nSPS) is 37.2. The molecule has 0 bridgehead atoms. The molecule has 0 aromatic heterocycles. The summed E-state index contributed by atoms with van der Waals surface area (Å²) < 4.78 is 5.62. The van der Waals surface area contributed by atoms with E-state index in [1.54, 1.807) is 0 Å². The van der Waals surface area contributed by atoms with Gasteiger partial charge in [-0.25, -0.2) is 0 Å². The van der Waals surface area contributed by atoms with Crippen LogP contribution < -0.4 is 11.1 Å². The lowest BCUT2D eigenvalue weighted by atomic mass is 9.79. The fraction of sp³-hybridized carbons (Fsp3) is 0.929. The monoisotopic (exact) mass is 254 g/mol. The molecule has 2 aliphatic rings. The molecule has 0 radical (unpaired) electrons. The maximum atomic E-state index is 12.1. The molecule has 1 aliphatic carbocycles. The molecule has 104 valence electrons. The molecule has 0 aromatic rings. The van der Waals surface area contributed by atoms with Crippen molar-refractivity contribution in [1.29, 1.82) is 0 Å². The van der Waals surface area contributed by atoms with Gasteiger partial charge in [0.25, 0.3) is 0 Å². The van der Waals surface area contributed by atoms with Crippen LogP contribution in [0.2, 0.25) is 0 Å². The number of nitrogens with one attached hydrogen (secondary N) is 1. The third-order valence-electron chi connectivity index (χ3n) is 4.13. The van der Waals surface area contributed by atoms with Gasteiger partial charge in [0.05, 0.1) is 6.10 Å². The summed E-state index contributed by atoms with van der Waals surface area (Å²) in [6.45, 7) is 3.69. The quantitative estimate of drug-likeness (QED) is 0.801. The Kier molecular flexibility index (Phi) is 5.01. The number of ether oxygens (including phenoxy) is 1. The van der Waals surface area contributed by atoms with Gasteiger partial charge >= 0.3 is 0 Å². The Labute approximate surface area is 110 Å².